The van der Waals surface area contributed by atoms with Crippen molar-refractivity contribution in [3.05, 3.63) is 10.4 Å². The lowest BCUT2D eigenvalue weighted by molar-refractivity contribution is -0.120. The van der Waals surface area contributed by atoms with Crippen LogP contribution >= 0.6 is 23.1 Å². The fraction of sp³-hybridized carbons (Fsp3) is 0.588. The summed E-state index contributed by atoms with van der Waals surface area (Å²) in [5, 5.41) is 4.65. The molecule has 0 fully saturated rings. The summed E-state index contributed by atoms with van der Waals surface area (Å²) in [6.07, 6.45) is 5.53. The predicted molar refractivity (Wildman–Crippen MR) is 102 cm³/mol. The minimum absolute atomic E-state index is 0.000377. The summed E-state index contributed by atoms with van der Waals surface area (Å²) in [5.74, 6) is 0.857. The van der Waals surface area contributed by atoms with Gasteiger partial charge in [0.15, 0.2) is 5.16 Å². The van der Waals surface area contributed by atoms with Gasteiger partial charge in [0.2, 0.25) is 5.91 Å². The number of amides is 1. The first-order valence-electron chi connectivity index (χ1n) is 8.41. The van der Waals surface area contributed by atoms with Crippen LogP contribution in [0.2, 0.25) is 0 Å². The number of thiophene rings is 1. The highest BCUT2D eigenvalue weighted by atomic mass is 32.2. The van der Waals surface area contributed by atoms with Gasteiger partial charge >= 0.3 is 0 Å². The number of nitrogen functional groups attached to an aromatic ring is 1. The highest BCUT2D eigenvalue weighted by Crippen LogP contribution is 2.38. The van der Waals surface area contributed by atoms with Crippen LogP contribution in [0.1, 0.15) is 50.5 Å². The summed E-state index contributed by atoms with van der Waals surface area (Å²) in [6, 6.07) is 0. The van der Waals surface area contributed by atoms with E-state index in [1.54, 1.807) is 11.3 Å². The fourth-order valence-electron chi connectivity index (χ4n) is 2.86. The average Bonchev–Trinajstić information content (AvgIpc) is 2.91. The summed E-state index contributed by atoms with van der Waals surface area (Å²) in [6.45, 7) is 6.10. The molecule has 2 aromatic heterocycles. The van der Waals surface area contributed by atoms with Crippen molar-refractivity contribution in [3.63, 3.8) is 0 Å². The second-order valence-corrected chi connectivity index (χ2v) is 8.88. The van der Waals surface area contributed by atoms with Crippen molar-refractivity contribution in [3.8, 4) is 0 Å². The van der Waals surface area contributed by atoms with Crippen molar-refractivity contribution in [2.75, 3.05) is 11.5 Å². The molecule has 0 atom stereocenters. The van der Waals surface area contributed by atoms with Gasteiger partial charge in [-0.05, 0) is 51.5 Å². The molecule has 3 N–H and O–H groups in total. The minimum Gasteiger partial charge on any atom is -0.383 e. The monoisotopic (exact) mass is 364 g/mol. The normalized spacial score (nSPS) is 14.6. The molecule has 0 spiro atoms. The number of hydrogen-bond acceptors (Lipinski definition) is 6. The highest BCUT2D eigenvalue weighted by Gasteiger charge is 2.21. The zero-order valence-corrected chi connectivity index (χ0v) is 16.1. The Morgan fingerprint density at radius 1 is 1.33 bits per heavy atom. The minimum atomic E-state index is -0.186. The molecule has 1 aliphatic rings. The van der Waals surface area contributed by atoms with Crippen LogP contribution in [0, 0.1) is 0 Å². The lowest BCUT2D eigenvalue weighted by atomic mass is 9.97. The number of anilines is 1. The van der Waals surface area contributed by atoms with Gasteiger partial charge in [0.1, 0.15) is 10.6 Å². The molecule has 5 nitrogen and oxygen atoms in total. The topological polar surface area (TPSA) is 80.9 Å². The number of aromatic nitrogens is 2. The first-order valence-corrected chi connectivity index (χ1v) is 10.2. The van der Waals surface area contributed by atoms with E-state index in [9.17, 15) is 4.79 Å². The van der Waals surface area contributed by atoms with Gasteiger partial charge in [-0.2, -0.15) is 0 Å². The molecule has 7 heteroatoms. The SMILES string of the molecule is CCC(C)(C)NC(=O)CSc1nc(N)c2c3c(sc2n1)CCCC3. The standard InChI is InChI=1S/C17H24N4OS2/c1-4-17(2,3)21-12(22)9-23-16-19-14(18)13-10-7-5-6-8-11(10)24-15(13)20-16/h4-9H2,1-3H3,(H,21,22)(H2,18,19,20). The third-order valence-electron chi connectivity index (χ3n) is 4.52. The van der Waals surface area contributed by atoms with Crippen molar-refractivity contribution in [2.24, 2.45) is 0 Å². The zero-order chi connectivity index (χ0) is 17.3. The summed E-state index contributed by atoms with van der Waals surface area (Å²) in [5.41, 5.74) is 7.36. The van der Waals surface area contributed by atoms with E-state index in [0.717, 1.165) is 29.5 Å². The second kappa shape index (κ2) is 6.88. The number of hydrogen-bond donors (Lipinski definition) is 2. The number of nitrogens with zero attached hydrogens (tertiary/aromatic N) is 2. The van der Waals surface area contributed by atoms with Crippen LogP contribution in [-0.4, -0.2) is 27.2 Å². The summed E-state index contributed by atoms with van der Waals surface area (Å²) in [4.78, 5) is 23.5. The van der Waals surface area contributed by atoms with Gasteiger partial charge in [-0.15, -0.1) is 11.3 Å². The maximum Gasteiger partial charge on any atom is 0.230 e. The van der Waals surface area contributed by atoms with Crippen molar-refractivity contribution < 1.29 is 4.79 Å². The second-order valence-electron chi connectivity index (χ2n) is 6.86. The molecule has 0 saturated carbocycles. The maximum absolute atomic E-state index is 12.1. The number of thioether (sulfide) groups is 1. The molecule has 1 aliphatic carbocycles. The molecular weight excluding hydrogens is 340 g/mol. The summed E-state index contributed by atoms with van der Waals surface area (Å²) >= 11 is 3.08. The third-order valence-corrected chi connectivity index (χ3v) is 6.55. The molecule has 0 saturated heterocycles. The van der Waals surface area contributed by atoms with E-state index in [1.165, 1.54) is 35.0 Å². The number of rotatable bonds is 5. The van der Waals surface area contributed by atoms with Crippen LogP contribution < -0.4 is 11.1 Å². The third kappa shape index (κ3) is 3.67. The molecule has 0 radical (unpaired) electrons. The lowest BCUT2D eigenvalue weighted by Gasteiger charge is -2.24. The number of nitrogens with one attached hydrogen (secondary N) is 1. The Morgan fingerprint density at radius 3 is 2.83 bits per heavy atom. The Labute approximate surface area is 150 Å². The largest absolute Gasteiger partial charge is 0.383 e. The van der Waals surface area contributed by atoms with Crippen LogP contribution in [0.25, 0.3) is 10.2 Å². The molecule has 1 amide bonds. The van der Waals surface area contributed by atoms with E-state index in [1.807, 2.05) is 13.8 Å². The van der Waals surface area contributed by atoms with Crippen molar-refractivity contribution in [1.29, 1.82) is 0 Å². The molecule has 130 valence electrons. The Balaban J connectivity index is 1.75. The molecule has 2 heterocycles. The van der Waals surface area contributed by atoms with Crippen LogP contribution in [0.5, 0.6) is 0 Å². The number of aryl methyl sites for hydroxylation is 2. The van der Waals surface area contributed by atoms with Crippen LogP contribution in [0.3, 0.4) is 0 Å². The van der Waals surface area contributed by atoms with Crippen molar-refractivity contribution in [2.45, 2.75) is 63.6 Å². The Morgan fingerprint density at radius 2 is 2.08 bits per heavy atom. The average molecular weight is 365 g/mol. The van der Waals surface area contributed by atoms with Crippen LogP contribution in [-0.2, 0) is 17.6 Å². The molecule has 24 heavy (non-hydrogen) atoms. The fourth-order valence-corrected chi connectivity index (χ4v) is 4.84. The molecule has 0 aliphatic heterocycles. The Hall–Kier alpha value is -1.34. The smallest absolute Gasteiger partial charge is 0.230 e. The Kier molecular flexibility index (Phi) is 5.01. The summed E-state index contributed by atoms with van der Waals surface area (Å²) in [7, 11) is 0. The highest BCUT2D eigenvalue weighted by molar-refractivity contribution is 7.99. The van der Waals surface area contributed by atoms with E-state index in [-0.39, 0.29) is 11.4 Å². The molecule has 2 aromatic rings. The van der Waals surface area contributed by atoms with Gasteiger partial charge in [-0.1, -0.05) is 18.7 Å². The van der Waals surface area contributed by atoms with Gasteiger partial charge in [-0.25, -0.2) is 9.97 Å². The Bertz CT molecular complexity index is 770. The lowest BCUT2D eigenvalue weighted by Crippen LogP contribution is -2.43. The predicted octanol–water partition coefficient (Wildman–Crippen LogP) is 3.55. The molecule has 0 bridgehead atoms. The number of fused-ring (bicyclic) bond motifs is 3. The first-order chi connectivity index (χ1) is 11.4. The van der Waals surface area contributed by atoms with Gasteiger partial charge in [-0.3, -0.25) is 4.79 Å². The van der Waals surface area contributed by atoms with Crippen LogP contribution in [0.4, 0.5) is 5.82 Å². The maximum atomic E-state index is 12.1. The van der Waals surface area contributed by atoms with Gasteiger partial charge in [0.05, 0.1) is 11.1 Å². The van der Waals surface area contributed by atoms with Crippen molar-refractivity contribution in [1.82, 2.24) is 15.3 Å². The molecular formula is C17H24N4OS2. The molecule has 3 rings (SSSR count). The number of carbonyl (C=O) groups is 1. The molecule has 0 aromatic carbocycles. The van der Waals surface area contributed by atoms with Gasteiger partial charge in [0, 0.05) is 10.4 Å². The van der Waals surface area contributed by atoms with E-state index in [4.69, 9.17) is 5.73 Å². The van der Waals surface area contributed by atoms with Crippen molar-refractivity contribution >= 4 is 45.0 Å². The summed E-state index contributed by atoms with van der Waals surface area (Å²) < 4.78 is 0. The number of carbonyl (C=O) groups excluding carboxylic acids is 1. The van der Waals surface area contributed by atoms with Crippen LogP contribution in [0.15, 0.2) is 5.16 Å². The van der Waals surface area contributed by atoms with E-state index < -0.39 is 0 Å². The zero-order valence-electron chi connectivity index (χ0n) is 14.4. The molecule has 0 unspecified atom stereocenters. The van der Waals surface area contributed by atoms with Gasteiger partial charge < -0.3 is 11.1 Å². The van der Waals surface area contributed by atoms with E-state index >= 15 is 0 Å². The van der Waals surface area contributed by atoms with Gasteiger partial charge in [0.25, 0.3) is 0 Å². The van der Waals surface area contributed by atoms with E-state index in [2.05, 4.69) is 22.2 Å². The van der Waals surface area contributed by atoms with E-state index in [0.29, 0.717) is 16.7 Å². The number of nitrogens with two attached hydrogens (primary N) is 1. The first kappa shape index (κ1) is 17.5. The quantitative estimate of drug-likeness (QED) is 0.626.